The average Bonchev–Trinajstić information content (AvgIpc) is 2.91. The Balaban J connectivity index is 1.31. The van der Waals surface area contributed by atoms with E-state index in [0.717, 1.165) is 71.8 Å². The van der Waals surface area contributed by atoms with Gasteiger partial charge in [-0.25, -0.2) is 0 Å². The SMILES string of the molecule is COc1ccc2nccc([C@H](O)CC[C@@H]3CCN(CCCSc4cccc(Cl)c4Cl)C[C@@H]3CC(=O)O)c2c1. The molecule has 1 fully saturated rings. The summed E-state index contributed by atoms with van der Waals surface area (Å²) in [5.74, 6) is 1.21. The normalized spacial score (nSPS) is 18.9. The van der Waals surface area contributed by atoms with Crippen LogP contribution in [0.3, 0.4) is 0 Å². The molecule has 0 bridgehead atoms. The second-order valence-corrected chi connectivity index (χ2v) is 11.8. The molecule has 2 aromatic carbocycles. The molecule has 204 valence electrons. The summed E-state index contributed by atoms with van der Waals surface area (Å²) in [6, 6.07) is 13.2. The van der Waals surface area contributed by atoms with E-state index < -0.39 is 12.1 Å². The fraction of sp³-hybridized carbons (Fsp3) is 0.448. The monoisotopic (exact) mass is 576 g/mol. The second-order valence-electron chi connectivity index (χ2n) is 9.84. The number of ether oxygens (including phenoxy) is 1. The summed E-state index contributed by atoms with van der Waals surface area (Å²) in [6.07, 6.45) is 4.50. The third-order valence-corrected chi connectivity index (χ3v) is 9.43. The van der Waals surface area contributed by atoms with Crippen molar-refractivity contribution in [3.05, 3.63) is 64.3 Å². The molecule has 3 atom stereocenters. The van der Waals surface area contributed by atoms with Crippen LogP contribution in [0.25, 0.3) is 10.9 Å². The summed E-state index contributed by atoms with van der Waals surface area (Å²) in [5.41, 5.74) is 1.65. The molecule has 0 unspecified atom stereocenters. The number of benzene rings is 2. The van der Waals surface area contributed by atoms with Crippen LogP contribution in [0.5, 0.6) is 5.75 Å². The molecule has 1 aliphatic heterocycles. The van der Waals surface area contributed by atoms with E-state index in [9.17, 15) is 15.0 Å². The van der Waals surface area contributed by atoms with E-state index in [1.165, 1.54) is 0 Å². The molecule has 9 heteroatoms. The maximum Gasteiger partial charge on any atom is 0.303 e. The van der Waals surface area contributed by atoms with Gasteiger partial charge in [0.05, 0.1) is 28.8 Å². The van der Waals surface area contributed by atoms with Gasteiger partial charge in [-0.15, -0.1) is 11.8 Å². The van der Waals surface area contributed by atoms with E-state index in [1.807, 2.05) is 36.4 Å². The quantitative estimate of drug-likeness (QED) is 0.178. The molecule has 38 heavy (non-hydrogen) atoms. The number of methoxy groups -OCH3 is 1. The number of hydrogen-bond acceptors (Lipinski definition) is 6. The number of nitrogens with zero attached hydrogens (tertiary/aromatic N) is 2. The molecule has 6 nitrogen and oxygen atoms in total. The molecular formula is C29H34Cl2N2O4S. The van der Waals surface area contributed by atoms with E-state index in [1.54, 1.807) is 31.1 Å². The Kier molecular flexibility index (Phi) is 10.6. The van der Waals surface area contributed by atoms with Gasteiger partial charge in [0.15, 0.2) is 0 Å². The molecule has 0 radical (unpaired) electrons. The fourth-order valence-corrected chi connectivity index (χ4v) is 6.78. The Bertz CT molecular complexity index is 1240. The van der Waals surface area contributed by atoms with Gasteiger partial charge in [0.1, 0.15) is 5.75 Å². The number of hydrogen-bond donors (Lipinski definition) is 2. The minimum absolute atomic E-state index is 0.0674. The standard InChI is InChI=1S/C29H34Cl2N2O4S/c1-37-21-7-8-25-23(17-21)22(10-12-32-25)26(34)9-6-19-11-14-33(18-20(19)16-28(35)36)13-3-15-38-27-5-2-4-24(30)29(27)31/h2,4-5,7-8,10,12,17,19-20,26,34H,3,6,9,11,13-16,18H2,1H3,(H,35,36)/t19-,20+,26-/m1/s1. The van der Waals surface area contributed by atoms with Crippen molar-refractivity contribution in [2.45, 2.75) is 43.1 Å². The highest BCUT2D eigenvalue weighted by Gasteiger charge is 2.31. The predicted molar refractivity (Wildman–Crippen MR) is 155 cm³/mol. The van der Waals surface area contributed by atoms with Crippen molar-refractivity contribution >= 4 is 51.8 Å². The van der Waals surface area contributed by atoms with Crippen LogP contribution in [0.1, 0.15) is 43.8 Å². The summed E-state index contributed by atoms with van der Waals surface area (Å²) >= 11 is 14.1. The van der Waals surface area contributed by atoms with Crippen molar-refractivity contribution in [2.24, 2.45) is 11.8 Å². The van der Waals surface area contributed by atoms with Crippen LogP contribution in [0.2, 0.25) is 10.0 Å². The van der Waals surface area contributed by atoms with Gasteiger partial charge in [0.2, 0.25) is 0 Å². The lowest BCUT2D eigenvalue weighted by molar-refractivity contribution is -0.139. The Morgan fingerprint density at radius 1 is 1.24 bits per heavy atom. The topological polar surface area (TPSA) is 82.9 Å². The average molecular weight is 578 g/mol. The molecule has 2 N–H and O–H groups in total. The third kappa shape index (κ3) is 7.54. The number of carboxylic acid groups (broad SMARTS) is 1. The maximum absolute atomic E-state index is 11.6. The number of fused-ring (bicyclic) bond motifs is 1. The highest BCUT2D eigenvalue weighted by Crippen LogP contribution is 2.36. The molecule has 1 aliphatic rings. The van der Waals surface area contributed by atoms with Crippen LogP contribution in [0, 0.1) is 11.8 Å². The molecule has 0 amide bonds. The van der Waals surface area contributed by atoms with Gasteiger partial charge in [-0.2, -0.15) is 0 Å². The Morgan fingerprint density at radius 2 is 2.08 bits per heavy atom. The fourth-order valence-electron chi connectivity index (χ4n) is 5.35. The van der Waals surface area contributed by atoms with Gasteiger partial charge in [0.25, 0.3) is 0 Å². The van der Waals surface area contributed by atoms with E-state index in [4.69, 9.17) is 27.9 Å². The number of aliphatic carboxylic acids is 1. The van der Waals surface area contributed by atoms with Crippen molar-refractivity contribution in [2.75, 3.05) is 32.5 Å². The lowest BCUT2D eigenvalue weighted by Crippen LogP contribution is -2.42. The molecule has 0 saturated carbocycles. The van der Waals surface area contributed by atoms with E-state index in [-0.39, 0.29) is 18.3 Å². The first-order valence-corrected chi connectivity index (χ1v) is 14.7. The number of rotatable bonds is 12. The Labute approximate surface area is 238 Å². The second kappa shape index (κ2) is 13.9. The number of aliphatic hydroxyl groups is 1. The van der Waals surface area contributed by atoms with Crippen LogP contribution < -0.4 is 4.74 Å². The Hall–Kier alpha value is -2.03. The van der Waals surface area contributed by atoms with Gasteiger partial charge < -0.3 is 19.8 Å². The smallest absolute Gasteiger partial charge is 0.303 e. The first-order valence-electron chi connectivity index (χ1n) is 13.0. The highest BCUT2D eigenvalue weighted by atomic mass is 35.5. The van der Waals surface area contributed by atoms with Gasteiger partial charge in [-0.05, 0) is 98.3 Å². The van der Waals surface area contributed by atoms with Crippen molar-refractivity contribution in [3.63, 3.8) is 0 Å². The summed E-state index contributed by atoms with van der Waals surface area (Å²) in [6.45, 7) is 2.63. The number of halogens is 2. The minimum Gasteiger partial charge on any atom is -0.497 e. The molecule has 1 saturated heterocycles. The van der Waals surface area contributed by atoms with Gasteiger partial charge in [0, 0.05) is 29.4 Å². The number of aromatic nitrogens is 1. The lowest BCUT2D eigenvalue weighted by atomic mass is 9.79. The summed E-state index contributed by atoms with van der Waals surface area (Å²) < 4.78 is 5.36. The molecule has 0 aliphatic carbocycles. The van der Waals surface area contributed by atoms with E-state index in [0.29, 0.717) is 16.5 Å². The molecule has 4 rings (SSSR count). The van der Waals surface area contributed by atoms with Gasteiger partial charge >= 0.3 is 5.97 Å². The number of carboxylic acids is 1. The van der Waals surface area contributed by atoms with E-state index in [2.05, 4.69) is 9.88 Å². The van der Waals surface area contributed by atoms with Crippen molar-refractivity contribution in [1.82, 2.24) is 9.88 Å². The lowest BCUT2D eigenvalue weighted by Gasteiger charge is -2.38. The first kappa shape index (κ1) is 29.0. The molecule has 3 aromatic rings. The molecule has 2 heterocycles. The number of aliphatic hydroxyl groups excluding tert-OH is 1. The largest absolute Gasteiger partial charge is 0.497 e. The summed E-state index contributed by atoms with van der Waals surface area (Å²) in [4.78, 5) is 19.4. The Morgan fingerprint density at radius 3 is 2.87 bits per heavy atom. The number of carbonyl (C=O) groups is 1. The van der Waals surface area contributed by atoms with Crippen molar-refractivity contribution in [3.8, 4) is 5.75 Å². The van der Waals surface area contributed by atoms with Crippen LogP contribution in [-0.4, -0.2) is 58.6 Å². The van der Waals surface area contributed by atoms with Crippen molar-refractivity contribution in [1.29, 1.82) is 0 Å². The number of thioether (sulfide) groups is 1. The number of likely N-dealkylation sites (tertiary alicyclic amines) is 1. The van der Waals surface area contributed by atoms with Crippen LogP contribution in [-0.2, 0) is 4.79 Å². The van der Waals surface area contributed by atoms with Crippen LogP contribution >= 0.6 is 35.0 Å². The molecule has 0 spiro atoms. The highest BCUT2D eigenvalue weighted by molar-refractivity contribution is 7.99. The zero-order valence-corrected chi connectivity index (χ0v) is 23.8. The minimum atomic E-state index is -0.763. The predicted octanol–water partition coefficient (Wildman–Crippen LogP) is 6.96. The van der Waals surface area contributed by atoms with Crippen molar-refractivity contribution < 1.29 is 19.7 Å². The third-order valence-electron chi connectivity index (χ3n) is 7.36. The summed E-state index contributed by atoms with van der Waals surface area (Å²) in [5, 5.41) is 22.7. The first-order chi connectivity index (χ1) is 18.4. The van der Waals surface area contributed by atoms with Gasteiger partial charge in [-0.1, -0.05) is 29.3 Å². The molecule has 1 aromatic heterocycles. The summed E-state index contributed by atoms with van der Waals surface area (Å²) in [7, 11) is 1.62. The van der Waals surface area contributed by atoms with Crippen LogP contribution in [0.4, 0.5) is 0 Å². The molecular weight excluding hydrogens is 543 g/mol. The number of pyridine rings is 1. The van der Waals surface area contributed by atoms with E-state index >= 15 is 0 Å². The number of piperidine rings is 1. The van der Waals surface area contributed by atoms with Gasteiger partial charge in [-0.3, -0.25) is 9.78 Å². The zero-order valence-electron chi connectivity index (χ0n) is 21.5. The maximum atomic E-state index is 11.6. The van der Waals surface area contributed by atoms with Crippen LogP contribution in [0.15, 0.2) is 53.6 Å². The zero-order chi connectivity index (χ0) is 27.1.